The number of urea groups is 1. The van der Waals surface area contributed by atoms with Gasteiger partial charge in [0.2, 0.25) is 5.91 Å². The lowest BCUT2D eigenvalue weighted by atomic mass is 10.1. The van der Waals surface area contributed by atoms with Crippen molar-refractivity contribution in [2.24, 2.45) is 0 Å². The number of amides is 3. The number of carbonyl (C=O) groups is 2. The van der Waals surface area contributed by atoms with Crippen molar-refractivity contribution in [3.63, 3.8) is 0 Å². The second-order valence-corrected chi connectivity index (χ2v) is 6.01. The van der Waals surface area contributed by atoms with E-state index < -0.39 is 6.04 Å². The van der Waals surface area contributed by atoms with Crippen molar-refractivity contribution in [3.8, 4) is 0 Å². The number of hydrogen-bond acceptors (Lipinski definition) is 2. The molecule has 124 valence electrons. The van der Waals surface area contributed by atoms with Gasteiger partial charge in [0.25, 0.3) is 0 Å². The Hall–Kier alpha value is -2.53. The van der Waals surface area contributed by atoms with E-state index in [2.05, 4.69) is 5.32 Å². The Bertz CT molecular complexity index is 751. The number of benzene rings is 2. The zero-order valence-corrected chi connectivity index (χ0v) is 14.0. The third-order valence-electron chi connectivity index (χ3n) is 4.08. The molecule has 0 saturated carbocycles. The van der Waals surface area contributed by atoms with Crippen molar-refractivity contribution < 1.29 is 9.59 Å². The van der Waals surface area contributed by atoms with Crippen molar-refractivity contribution in [1.82, 2.24) is 4.90 Å². The molecule has 0 spiro atoms. The van der Waals surface area contributed by atoms with Gasteiger partial charge in [0, 0.05) is 18.8 Å². The van der Waals surface area contributed by atoms with Crippen LogP contribution in [0.1, 0.15) is 6.92 Å². The Kier molecular flexibility index (Phi) is 4.71. The fraction of sp³-hybridized carbons (Fsp3) is 0.222. The van der Waals surface area contributed by atoms with Crippen LogP contribution in [0, 0.1) is 0 Å². The molecule has 1 atom stereocenters. The molecule has 6 heteroatoms. The zero-order chi connectivity index (χ0) is 17.1. The monoisotopic (exact) mass is 343 g/mol. The van der Waals surface area contributed by atoms with Crippen LogP contribution in [0.3, 0.4) is 0 Å². The van der Waals surface area contributed by atoms with Crippen molar-refractivity contribution in [2.45, 2.75) is 13.0 Å². The van der Waals surface area contributed by atoms with Gasteiger partial charge in [0.05, 0.1) is 10.7 Å². The molecule has 0 bridgehead atoms. The second-order valence-electron chi connectivity index (χ2n) is 5.61. The Morgan fingerprint density at radius 3 is 2.46 bits per heavy atom. The molecular weight excluding hydrogens is 326 g/mol. The van der Waals surface area contributed by atoms with Crippen molar-refractivity contribution in [2.75, 3.05) is 23.3 Å². The second kappa shape index (κ2) is 6.93. The van der Waals surface area contributed by atoms with Gasteiger partial charge in [-0.3, -0.25) is 4.79 Å². The number of piperazine rings is 1. The smallest absolute Gasteiger partial charge is 0.311 e. The normalized spacial score (nSPS) is 17.8. The summed E-state index contributed by atoms with van der Waals surface area (Å²) in [5.74, 6) is -0.141. The van der Waals surface area contributed by atoms with E-state index in [1.807, 2.05) is 48.5 Å². The highest BCUT2D eigenvalue weighted by atomic mass is 35.5. The van der Waals surface area contributed by atoms with Gasteiger partial charge >= 0.3 is 6.03 Å². The molecule has 1 unspecified atom stereocenters. The van der Waals surface area contributed by atoms with Crippen LogP contribution >= 0.6 is 11.6 Å². The minimum Gasteiger partial charge on any atom is -0.311 e. The Morgan fingerprint density at radius 2 is 1.75 bits per heavy atom. The molecular formula is C18H18ClN3O2. The van der Waals surface area contributed by atoms with E-state index in [0.717, 1.165) is 0 Å². The van der Waals surface area contributed by atoms with Crippen LogP contribution in [0.5, 0.6) is 0 Å². The number of halogens is 1. The van der Waals surface area contributed by atoms with Crippen LogP contribution < -0.4 is 10.2 Å². The third-order valence-corrected chi connectivity index (χ3v) is 4.40. The maximum absolute atomic E-state index is 12.7. The van der Waals surface area contributed by atoms with E-state index in [1.54, 1.807) is 22.8 Å². The maximum atomic E-state index is 12.7. The Morgan fingerprint density at radius 1 is 1.08 bits per heavy atom. The molecule has 1 aliphatic rings. The summed E-state index contributed by atoms with van der Waals surface area (Å²) in [6, 6.07) is 15.6. The average Bonchev–Trinajstić information content (AvgIpc) is 2.59. The first-order valence-electron chi connectivity index (χ1n) is 7.76. The van der Waals surface area contributed by atoms with Gasteiger partial charge in [-0.05, 0) is 31.2 Å². The lowest BCUT2D eigenvalue weighted by molar-refractivity contribution is -0.123. The minimum absolute atomic E-state index is 0.141. The van der Waals surface area contributed by atoms with Crippen molar-refractivity contribution in [1.29, 1.82) is 0 Å². The van der Waals surface area contributed by atoms with Crippen LogP contribution in [0.25, 0.3) is 0 Å². The number of anilines is 2. The van der Waals surface area contributed by atoms with E-state index in [0.29, 0.717) is 29.5 Å². The first kappa shape index (κ1) is 16.3. The number of rotatable bonds is 2. The van der Waals surface area contributed by atoms with Crippen LogP contribution in [-0.2, 0) is 4.79 Å². The first-order valence-corrected chi connectivity index (χ1v) is 8.14. The van der Waals surface area contributed by atoms with Gasteiger partial charge in [-0.2, -0.15) is 0 Å². The zero-order valence-electron chi connectivity index (χ0n) is 13.3. The molecule has 5 nitrogen and oxygen atoms in total. The minimum atomic E-state index is -0.557. The summed E-state index contributed by atoms with van der Waals surface area (Å²) in [4.78, 5) is 28.3. The molecule has 0 aliphatic carbocycles. The summed E-state index contributed by atoms with van der Waals surface area (Å²) in [6.07, 6.45) is 0. The number of nitrogens with zero attached hydrogens (tertiary/aromatic N) is 2. The van der Waals surface area contributed by atoms with Crippen LogP contribution in [0.2, 0.25) is 5.02 Å². The largest absolute Gasteiger partial charge is 0.322 e. The van der Waals surface area contributed by atoms with Gasteiger partial charge in [0.1, 0.15) is 6.04 Å². The summed E-state index contributed by atoms with van der Waals surface area (Å²) < 4.78 is 0. The summed E-state index contributed by atoms with van der Waals surface area (Å²) >= 11 is 6.19. The molecule has 1 N–H and O–H groups in total. The van der Waals surface area contributed by atoms with Crippen LogP contribution in [0.15, 0.2) is 54.6 Å². The summed E-state index contributed by atoms with van der Waals surface area (Å²) in [7, 11) is 0. The fourth-order valence-electron chi connectivity index (χ4n) is 2.77. The quantitative estimate of drug-likeness (QED) is 0.905. The van der Waals surface area contributed by atoms with E-state index in [4.69, 9.17) is 11.6 Å². The van der Waals surface area contributed by atoms with E-state index >= 15 is 0 Å². The topological polar surface area (TPSA) is 52.7 Å². The molecule has 3 amide bonds. The van der Waals surface area contributed by atoms with Crippen molar-refractivity contribution in [3.05, 3.63) is 59.6 Å². The van der Waals surface area contributed by atoms with E-state index in [9.17, 15) is 9.59 Å². The molecule has 3 rings (SSSR count). The lowest BCUT2D eigenvalue weighted by Gasteiger charge is -2.39. The van der Waals surface area contributed by atoms with Crippen molar-refractivity contribution >= 4 is 34.9 Å². The SMILES string of the molecule is CC1C(=O)N(c2ccccc2Cl)CCN1C(=O)Nc1ccccc1. The standard InChI is InChI=1S/C18H18ClN3O2/c1-13-17(23)22(16-10-6-5-9-15(16)19)12-11-21(13)18(24)20-14-7-3-2-4-8-14/h2-10,13H,11-12H2,1H3,(H,20,24). The van der Waals surface area contributed by atoms with E-state index in [-0.39, 0.29) is 11.9 Å². The molecule has 2 aromatic rings. The molecule has 1 aliphatic heterocycles. The molecule has 2 aromatic carbocycles. The number of para-hydroxylation sites is 2. The Balaban J connectivity index is 1.73. The fourth-order valence-corrected chi connectivity index (χ4v) is 3.01. The number of hydrogen-bond donors (Lipinski definition) is 1. The predicted molar refractivity (Wildman–Crippen MR) is 95.4 cm³/mol. The molecule has 1 saturated heterocycles. The Labute approximate surface area is 145 Å². The van der Waals surface area contributed by atoms with Gasteiger partial charge in [-0.15, -0.1) is 0 Å². The average molecular weight is 344 g/mol. The number of carbonyl (C=O) groups excluding carboxylic acids is 2. The third kappa shape index (κ3) is 3.21. The predicted octanol–water partition coefficient (Wildman–Crippen LogP) is 3.61. The maximum Gasteiger partial charge on any atom is 0.322 e. The summed E-state index contributed by atoms with van der Waals surface area (Å²) in [6.45, 7) is 2.59. The van der Waals surface area contributed by atoms with Crippen LogP contribution in [0.4, 0.5) is 16.2 Å². The molecule has 1 heterocycles. The highest BCUT2D eigenvalue weighted by molar-refractivity contribution is 6.33. The van der Waals surface area contributed by atoms with Gasteiger partial charge < -0.3 is 15.1 Å². The number of nitrogens with one attached hydrogen (secondary N) is 1. The molecule has 0 aromatic heterocycles. The van der Waals surface area contributed by atoms with Gasteiger partial charge in [0.15, 0.2) is 0 Å². The molecule has 1 fully saturated rings. The first-order chi connectivity index (χ1) is 11.6. The van der Waals surface area contributed by atoms with E-state index in [1.165, 1.54) is 0 Å². The lowest BCUT2D eigenvalue weighted by Crippen LogP contribution is -2.58. The van der Waals surface area contributed by atoms with Crippen LogP contribution in [-0.4, -0.2) is 36.0 Å². The molecule has 0 radical (unpaired) electrons. The highest BCUT2D eigenvalue weighted by Gasteiger charge is 2.35. The highest BCUT2D eigenvalue weighted by Crippen LogP contribution is 2.28. The molecule has 24 heavy (non-hydrogen) atoms. The van der Waals surface area contributed by atoms with Gasteiger partial charge in [-0.25, -0.2) is 4.79 Å². The summed E-state index contributed by atoms with van der Waals surface area (Å²) in [5.41, 5.74) is 1.38. The van der Waals surface area contributed by atoms with Gasteiger partial charge in [-0.1, -0.05) is 41.9 Å². The summed E-state index contributed by atoms with van der Waals surface area (Å²) in [5, 5.41) is 3.35.